The minimum Gasteiger partial charge on any atom is -0.384 e. The highest BCUT2D eigenvalue weighted by Crippen LogP contribution is 2.16. The predicted octanol–water partition coefficient (Wildman–Crippen LogP) is 0.556. The molecule has 0 aromatic heterocycles. The van der Waals surface area contributed by atoms with Crippen LogP contribution in [0.25, 0.3) is 0 Å². The number of carbonyl (C=O) groups is 2. The van der Waals surface area contributed by atoms with Crippen molar-refractivity contribution in [3.05, 3.63) is 29.3 Å². The van der Waals surface area contributed by atoms with Gasteiger partial charge in [-0.3, -0.25) is 9.59 Å². The van der Waals surface area contributed by atoms with Gasteiger partial charge in [0.1, 0.15) is 12.6 Å². The number of hydrogen-bond acceptors (Lipinski definition) is 3. The van der Waals surface area contributed by atoms with Gasteiger partial charge in [0, 0.05) is 17.7 Å². The lowest BCUT2D eigenvalue weighted by atomic mass is 10.1. The average molecular weight is 272 g/mol. The predicted molar refractivity (Wildman–Crippen MR) is 74.9 cm³/mol. The van der Waals surface area contributed by atoms with Crippen LogP contribution in [0.5, 0.6) is 0 Å². The normalized spacial score (nSPS) is 17.1. The van der Waals surface area contributed by atoms with Crippen LogP contribution in [0.2, 0.25) is 0 Å². The SMILES string of the molecule is Cc1ccc(NC(=O)C2CCC(=O)N2)cc1C#CCO. The van der Waals surface area contributed by atoms with E-state index in [-0.39, 0.29) is 18.4 Å². The molecule has 0 bridgehead atoms. The molecule has 0 saturated carbocycles. The number of hydrogen-bond donors (Lipinski definition) is 3. The van der Waals surface area contributed by atoms with Crippen molar-refractivity contribution < 1.29 is 14.7 Å². The molecular weight excluding hydrogens is 256 g/mol. The van der Waals surface area contributed by atoms with Gasteiger partial charge in [0.15, 0.2) is 0 Å². The largest absolute Gasteiger partial charge is 0.384 e. The molecular formula is C15H16N2O3. The first-order chi connectivity index (χ1) is 9.60. The van der Waals surface area contributed by atoms with Crippen molar-refractivity contribution >= 4 is 17.5 Å². The van der Waals surface area contributed by atoms with Crippen LogP contribution in [0.4, 0.5) is 5.69 Å². The van der Waals surface area contributed by atoms with Crippen LogP contribution in [0.3, 0.4) is 0 Å². The van der Waals surface area contributed by atoms with Crippen LogP contribution in [0, 0.1) is 18.8 Å². The van der Waals surface area contributed by atoms with Crippen LogP contribution in [0.15, 0.2) is 18.2 Å². The molecule has 1 saturated heterocycles. The van der Waals surface area contributed by atoms with Crippen molar-refractivity contribution in [2.45, 2.75) is 25.8 Å². The van der Waals surface area contributed by atoms with Gasteiger partial charge in [0.2, 0.25) is 11.8 Å². The molecule has 20 heavy (non-hydrogen) atoms. The van der Waals surface area contributed by atoms with Gasteiger partial charge in [-0.25, -0.2) is 0 Å². The van der Waals surface area contributed by atoms with E-state index in [9.17, 15) is 9.59 Å². The van der Waals surface area contributed by atoms with Crippen molar-refractivity contribution in [3.63, 3.8) is 0 Å². The molecule has 0 spiro atoms. The second kappa shape index (κ2) is 6.22. The lowest BCUT2D eigenvalue weighted by Gasteiger charge is -2.11. The Kier molecular flexibility index (Phi) is 4.38. The maximum absolute atomic E-state index is 12.0. The summed E-state index contributed by atoms with van der Waals surface area (Å²) in [6, 6.07) is 4.93. The highest BCUT2D eigenvalue weighted by atomic mass is 16.2. The van der Waals surface area contributed by atoms with E-state index in [4.69, 9.17) is 5.11 Å². The van der Waals surface area contributed by atoms with E-state index >= 15 is 0 Å². The summed E-state index contributed by atoms with van der Waals surface area (Å²) in [4.78, 5) is 23.1. The topological polar surface area (TPSA) is 78.4 Å². The Morgan fingerprint density at radius 3 is 3.00 bits per heavy atom. The third-order valence-electron chi connectivity index (χ3n) is 3.12. The maximum Gasteiger partial charge on any atom is 0.246 e. The Hall–Kier alpha value is -2.32. The molecule has 3 N–H and O–H groups in total. The molecule has 5 heteroatoms. The molecule has 1 unspecified atom stereocenters. The van der Waals surface area contributed by atoms with Crippen molar-refractivity contribution in [1.29, 1.82) is 0 Å². The lowest BCUT2D eigenvalue weighted by molar-refractivity contribution is -0.122. The molecule has 0 aliphatic carbocycles. The van der Waals surface area contributed by atoms with Crippen molar-refractivity contribution in [1.82, 2.24) is 5.32 Å². The Balaban J connectivity index is 2.09. The van der Waals surface area contributed by atoms with Gasteiger partial charge in [0.05, 0.1) is 0 Å². The third kappa shape index (κ3) is 3.37. The Morgan fingerprint density at radius 1 is 1.55 bits per heavy atom. The Labute approximate surface area is 117 Å². The molecule has 1 atom stereocenters. The van der Waals surface area contributed by atoms with Crippen molar-refractivity contribution in [3.8, 4) is 11.8 Å². The molecule has 1 aromatic rings. The molecule has 104 valence electrons. The summed E-state index contributed by atoms with van der Waals surface area (Å²) >= 11 is 0. The monoisotopic (exact) mass is 272 g/mol. The van der Waals surface area contributed by atoms with Gasteiger partial charge in [-0.1, -0.05) is 17.9 Å². The van der Waals surface area contributed by atoms with Gasteiger partial charge in [-0.05, 0) is 31.0 Å². The average Bonchev–Trinajstić information content (AvgIpc) is 2.86. The first-order valence-electron chi connectivity index (χ1n) is 6.41. The van der Waals surface area contributed by atoms with E-state index in [0.29, 0.717) is 18.5 Å². The number of anilines is 1. The number of aryl methyl sites for hydroxylation is 1. The number of rotatable bonds is 2. The quantitative estimate of drug-likeness (QED) is 0.688. The van der Waals surface area contributed by atoms with Crippen molar-refractivity contribution in [2.75, 3.05) is 11.9 Å². The molecule has 1 aliphatic rings. The summed E-state index contributed by atoms with van der Waals surface area (Å²) in [6.45, 7) is 1.70. The molecule has 2 amide bonds. The van der Waals surface area contributed by atoms with E-state index in [1.807, 2.05) is 13.0 Å². The molecule has 5 nitrogen and oxygen atoms in total. The van der Waals surface area contributed by atoms with Crippen LogP contribution in [0.1, 0.15) is 24.0 Å². The molecule has 0 radical (unpaired) electrons. The second-order valence-corrected chi connectivity index (χ2v) is 4.64. The first kappa shape index (κ1) is 14.1. The number of aliphatic hydroxyl groups excluding tert-OH is 1. The fourth-order valence-electron chi connectivity index (χ4n) is 2.01. The minimum absolute atomic E-state index is 0.0939. The van der Waals surface area contributed by atoms with Crippen molar-refractivity contribution in [2.24, 2.45) is 0 Å². The van der Waals surface area contributed by atoms with E-state index in [1.165, 1.54) is 0 Å². The Morgan fingerprint density at radius 2 is 2.35 bits per heavy atom. The zero-order chi connectivity index (χ0) is 14.5. The minimum atomic E-state index is -0.462. The van der Waals surface area contributed by atoms with Gasteiger partial charge in [-0.15, -0.1) is 0 Å². The van der Waals surface area contributed by atoms with E-state index in [2.05, 4.69) is 22.5 Å². The molecule has 1 aliphatic heterocycles. The van der Waals surface area contributed by atoms with Gasteiger partial charge >= 0.3 is 0 Å². The summed E-state index contributed by atoms with van der Waals surface area (Å²) < 4.78 is 0. The van der Waals surface area contributed by atoms with E-state index in [0.717, 1.165) is 11.1 Å². The third-order valence-corrected chi connectivity index (χ3v) is 3.12. The highest BCUT2D eigenvalue weighted by Gasteiger charge is 2.27. The number of benzene rings is 1. The summed E-state index contributed by atoms with van der Waals surface area (Å²) in [5.41, 5.74) is 2.36. The molecule has 2 rings (SSSR count). The van der Waals surface area contributed by atoms with Crippen LogP contribution >= 0.6 is 0 Å². The van der Waals surface area contributed by atoms with E-state index in [1.54, 1.807) is 12.1 Å². The van der Waals surface area contributed by atoms with Gasteiger partial charge in [0.25, 0.3) is 0 Å². The maximum atomic E-state index is 12.0. The summed E-state index contributed by atoms with van der Waals surface area (Å²) in [5, 5.41) is 14.1. The van der Waals surface area contributed by atoms with Crippen LogP contribution < -0.4 is 10.6 Å². The molecule has 1 heterocycles. The first-order valence-corrected chi connectivity index (χ1v) is 6.41. The zero-order valence-corrected chi connectivity index (χ0v) is 11.2. The van der Waals surface area contributed by atoms with Crippen LogP contribution in [-0.4, -0.2) is 29.6 Å². The van der Waals surface area contributed by atoms with Gasteiger partial charge in [-0.2, -0.15) is 0 Å². The second-order valence-electron chi connectivity index (χ2n) is 4.64. The lowest BCUT2D eigenvalue weighted by Crippen LogP contribution is -2.37. The zero-order valence-electron chi connectivity index (χ0n) is 11.2. The summed E-state index contributed by atoms with van der Waals surface area (Å²) in [6.07, 6.45) is 0.910. The number of aliphatic hydroxyl groups is 1. The van der Waals surface area contributed by atoms with E-state index < -0.39 is 6.04 Å². The number of nitrogens with one attached hydrogen (secondary N) is 2. The standard InChI is InChI=1S/C15H16N2O3/c1-10-4-5-12(9-11(10)3-2-8-18)16-15(20)13-6-7-14(19)17-13/h4-5,9,13,18H,6-8H2,1H3,(H,16,20)(H,17,19). The molecule has 1 fully saturated rings. The summed E-state index contributed by atoms with van der Waals surface area (Å²) in [5.74, 6) is 5.10. The number of amides is 2. The van der Waals surface area contributed by atoms with Gasteiger partial charge < -0.3 is 15.7 Å². The summed E-state index contributed by atoms with van der Waals surface area (Å²) in [7, 11) is 0. The molecule has 1 aromatic carbocycles. The fraction of sp³-hybridized carbons (Fsp3) is 0.333. The smallest absolute Gasteiger partial charge is 0.246 e. The number of carbonyl (C=O) groups excluding carboxylic acids is 2. The Bertz CT molecular complexity index is 599. The fourth-order valence-corrected chi connectivity index (χ4v) is 2.01. The van der Waals surface area contributed by atoms with Crippen LogP contribution in [-0.2, 0) is 9.59 Å². The highest BCUT2D eigenvalue weighted by molar-refractivity contribution is 5.99.